The van der Waals surface area contributed by atoms with Gasteiger partial charge in [-0.25, -0.2) is 9.29 Å². The van der Waals surface area contributed by atoms with E-state index in [0.717, 1.165) is 16.7 Å². The summed E-state index contributed by atoms with van der Waals surface area (Å²) in [7, 11) is 0. The summed E-state index contributed by atoms with van der Waals surface area (Å²) in [5.41, 5.74) is 7.66. The highest BCUT2D eigenvalue weighted by molar-refractivity contribution is 8.14. The number of hydrogen-bond acceptors (Lipinski definition) is 5. The lowest BCUT2D eigenvalue weighted by Crippen LogP contribution is -2.31. The number of carbonyl (C=O) groups excluding carboxylic acids is 2. The lowest BCUT2D eigenvalue weighted by Gasteiger charge is -2.14. The maximum Gasteiger partial charge on any atom is 0.247 e. The van der Waals surface area contributed by atoms with Gasteiger partial charge in [0.25, 0.3) is 0 Å². The minimum atomic E-state index is -0.636. The van der Waals surface area contributed by atoms with Gasteiger partial charge in [0, 0.05) is 6.42 Å². The average Bonchev–Trinajstić information content (AvgIpc) is 2.94. The molecule has 2 aromatic carbocycles. The Kier molecular flexibility index (Phi) is 5.66. The molecule has 1 aliphatic rings. The van der Waals surface area contributed by atoms with Gasteiger partial charge in [-0.1, -0.05) is 42.1 Å². The third-order valence-electron chi connectivity index (χ3n) is 3.94. The number of amidine groups is 1. The highest BCUT2D eigenvalue weighted by Gasteiger charge is 2.40. The first kappa shape index (κ1) is 18.8. The monoisotopic (exact) mass is 384 g/mol. The van der Waals surface area contributed by atoms with Crippen LogP contribution in [0.15, 0.2) is 64.8 Å². The maximum absolute atomic E-state index is 13.0. The first-order valence-corrected chi connectivity index (χ1v) is 9.06. The molecule has 1 heterocycles. The van der Waals surface area contributed by atoms with E-state index in [0.29, 0.717) is 17.0 Å². The molecule has 27 heavy (non-hydrogen) atoms. The number of imide groups is 1. The molecule has 1 saturated heterocycles. The van der Waals surface area contributed by atoms with Crippen molar-refractivity contribution in [2.75, 3.05) is 4.90 Å². The van der Waals surface area contributed by atoms with Gasteiger partial charge in [-0.3, -0.25) is 9.59 Å². The summed E-state index contributed by atoms with van der Waals surface area (Å²) in [6.45, 7) is 1.72. The van der Waals surface area contributed by atoms with Gasteiger partial charge >= 0.3 is 0 Å². The summed E-state index contributed by atoms with van der Waals surface area (Å²) in [6.07, 6.45) is 0.0509. The number of nitrogens with two attached hydrogens (primary N) is 1. The van der Waals surface area contributed by atoms with Crippen molar-refractivity contribution in [2.24, 2.45) is 15.9 Å². The van der Waals surface area contributed by atoms with Crippen molar-refractivity contribution in [3.63, 3.8) is 0 Å². The van der Waals surface area contributed by atoms with Crippen LogP contribution in [-0.2, 0) is 9.59 Å². The van der Waals surface area contributed by atoms with Gasteiger partial charge in [-0.05, 0) is 36.8 Å². The van der Waals surface area contributed by atoms with E-state index in [1.807, 2.05) is 6.07 Å². The Morgan fingerprint density at radius 3 is 2.44 bits per heavy atom. The molecular weight excluding hydrogens is 367 g/mol. The quantitative estimate of drug-likeness (QED) is 0.380. The van der Waals surface area contributed by atoms with Crippen molar-refractivity contribution in [1.29, 1.82) is 0 Å². The summed E-state index contributed by atoms with van der Waals surface area (Å²) >= 11 is 1.01. The van der Waals surface area contributed by atoms with E-state index in [1.54, 1.807) is 43.3 Å². The normalized spacial score (nSPS) is 18.3. The second kappa shape index (κ2) is 8.13. The summed E-state index contributed by atoms with van der Waals surface area (Å²) in [5, 5.41) is 7.37. The zero-order chi connectivity index (χ0) is 19.4. The number of thioether (sulfide) groups is 1. The van der Waals surface area contributed by atoms with Crippen LogP contribution in [0.5, 0.6) is 0 Å². The van der Waals surface area contributed by atoms with Crippen LogP contribution in [0.25, 0.3) is 0 Å². The van der Waals surface area contributed by atoms with Crippen LogP contribution >= 0.6 is 11.8 Å². The third kappa shape index (κ3) is 4.40. The lowest BCUT2D eigenvalue weighted by molar-refractivity contribution is -0.121. The number of amides is 2. The van der Waals surface area contributed by atoms with E-state index in [1.165, 1.54) is 12.1 Å². The molecule has 2 N–H and O–H groups in total. The van der Waals surface area contributed by atoms with Crippen molar-refractivity contribution in [2.45, 2.75) is 18.6 Å². The van der Waals surface area contributed by atoms with Gasteiger partial charge in [0.1, 0.15) is 11.1 Å². The zero-order valence-electron chi connectivity index (χ0n) is 14.5. The Morgan fingerprint density at radius 1 is 1.11 bits per heavy atom. The Labute approximate surface area is 160 Å². The molecule has 6 nitrogen and oxygen atoms in total. The van der Waals surface area contributed by atoms with Gasteiger partial charge in [0.05, 0.1) is 11.4 Å². The van der Waals surface area contributed by atoms with Gasteiger partial charge in [-0.2, -0.15) is 5.10 Å². The fourth-order valence-electron chi connectivity index (χ4n) is 2.59. The van der Waals surface area contributed by atoms with E-state index < -0.39 is 5.25 Å². The standard InChI is InChI=1S/C19H17FN4O2S/c1-12(13-7-9-14(20)10-8-13)22-23-19(21)27-16-11-17(25)24(18(16)26)15-5-3-2-4-6-15/h2-10,16H,11H2,1H3,(H2,21,23). The van der Waals surface area contributed by atoms with Crippen LogP contribution in [-0.4, -0.2) is 27.9 Å². The van der Waals surface area contributed by atoms with Crippen LogP contribution in [0.1, 0.15) is 18.9 Å². The second-order valence-corrected chi connectivity index (χ2v) is 7.07. The molecule has 1 unspecified atom stereocenters. The van der Waals surface area contributed by atoms with Gasteiger partial charge in [-0.15, -0.1) is 5.10 Å². The summed E-state index contributed by atoms with van der Waals surface area (Å²) in [5.74, 6) is -0.936. The molecule has 0 radical (unpaired) electrons. The fourth-order valence-corrected chi connectivity index (χ4v) is 3.40. The van der Waals surface area contributed by atoms with Crippen molar-refractivity contribution >= 4 is 40.1 Å². The molecular formula is C19H17FN4O2S. The molecule has 0 saturated carbocycles. The summed E-state index contributed by atoms with van der Waals surface area (Å²) in [4.78, 5) is 25.9. The minimum absolute atomic E-state index is 0.0509. The molecule has 1 atom stereocenters. The largest absolute Gasteiger partial charge is 0.377 e. The van der Waals surface area contributed by atoms with E-state index in [9.17, 15) is 14.0 Å². The van der Waals surface area contributed by atoms with Gasteiger partial charge in [0.15, 0.2) is 5.17 Å². The van der Waals surface area contributed by atoms with E-state index in [-0.39, 0.29) is 29.2 Å². The minimum Gasteiger partial charge on any atom is -0.377 e. The molecule has 2 amide bonds. The average molecular weight is 384 g/mol. The first-order chi connectivity index (χ1) is 13.0. The Bertz CT molecular complexity index is 913. The number of para-hydroxylation sites is 1. The smallest absolute Gasteiger partial charge is 0.247 e. The third-order valence-corrected chi connectivity index (χ3v) is 4.92. The van der Waals surface area contributed by atoms with Crippen molar-refractivity contribution < 1.29 is 14.0 Å². The number of hydrogen-bond donors (Lipinski definition) is 1. The number of benzene rings is 2. The van der Waals surface area contributed by atoms with E-state index >= 15 is 0 Å². The summed E-state index contributed by atoms with van der Waals surface area (Å²) < 4.78 is 13.0. The maximum atomic E-state index is 13.0. The lowest BCUT2D eigenvalue weighted by atomic mass is 10.1. The number of nitrogens with zero attached hydrogens (tertiary/aromatic N) is 3. The molecule has 0 bridgehead atoms. The second-order valence-electron chi connectivity index (χ2n) is 5.84. The molecule has 3 rings (SSSR count). The first-order valence-electron chi connectivity index (χ1n) is 8.18. The molecule has 2 aromatic rings. The van der Waals surface area contributed by atoms with Crippen LogP contribution in [0.2, 0.25) is 0 Å². The molecule has 1 fully saturated rings. The highest BCUT2D eigenvalue weighted by Crippen LogP contribution is 2.29. The number of carbonyl (C=O) groups is 2. The topological polar surface area (TPSA) is 88.1 Å². The van der Waals surface area contributed by atoms with Crippen LogP contribution < -0.4 is 10.6 Å². The highest BCUT2D eigenvalue weighted by atomic mass is 32.2. The SMILES string of the molecule is CC(=NN=C(N)SC1CC(=O)N(c2ccccc2)C1=O)c1ccc(F)cc1. The predicted octanol–water partition coefficient (Wildman–Crippen LogP) is 2.93. The van der Waals surface area contributed by atoms with Gasteiger partial charge in [0.2, 0.25) is 11.8 Å². The predicted molar refractivity (Wildman–Crippen MR) is 105 cm³/mol. The van der Waals surface area contributed by atoms with Crippen molar-refractivity contribution in [1.82, 2.24) is 0 Å². The van der Waals surface area contributed by atoms with E-state index in [2.05, 4.69) is 10.2 Å². The summed E-state index contributed by atoms with van der Waals surface area (Å²) in [6, 6.07) is 14.6. The van der Waals surface area contributed by atoms with Crippen LogP contribution in [0.4, 0.5) is 10.1 Å². The van der Waals surface area contributed by atoms with Crippen LogP contribution in [0.3, 0.4) is 0 Å². The molecule has 0 aliphatic carbocycles. The number of halogens is 1. The molecule has 138 valence electrons. The molecule has 0 spiro atoms. The van der Waals surface area contributed by atoms with Crippen molar-refractivity contribution in [3.05, 3.63) is 66.0 Å². The Morgan fingerprint density at radius 2 is 1.78 bits per heavy atom. The Hall–Kier alpha value is -3.00. The van der Waals surface area contributed by atoms with Crippen molar-refractivity contribution in [3.8, 4) is 0 Å². The molecule has 8 heteroatoms. The molecule has 0 aromatic heterocycles. The van der Waals surface area contributed by atoms with E-state index in [4.69, 9.17) is 5.73 Å². The van der Waals surface area contributed by atoms with Gasteiger partial charge < -0.3 is 5.73 Å². The fraction of sp³-hybridized carbons (Fsp3) is 0.158. The number of anilines is 1. The number of rotatable bonds is 4. The zero-order valence-corrected chi connectivity index (χ0v) is 15.3. The van der Waals surface area contributed by atoms with Crippen LogP contribution in [0, 0.1) is 5.82 Å². The Balaban J connectivity index is 1.68. The molecule has 1 aliphatic heterocycles.